The first kappa shape index (κ1) is 8.52. The van der Waals surface area contributed by atoms with E-state index >= 15 is 0 Å². The largest absolute Gasteiger partial charge is 0.380 e. The topological polar surface area (TPSA) is 21.3 Å². The van der Waals surface area contributed by atoms with Crippen molar-refractivity contribution < 1.29 is 4.74 Å². The lowest BCUT2D eigenvalue weighted by Crippen LogP contribution is -2.37. The summed E-state index contributed by atoms with van der Waals surface area (Å²) in [7, 11) is 0. The van der Waals surface area contributed by atoms with Crippen LogP contribution in [-0.4, -0.2) is 25.8 Å². The Morgan fingerprint density at radius 2 is 2.33 bits per heavy atom. The molecule has 0 spiro atoms. The van der Waals surface area contributed by atoms with Gasteiger partial charge in [-0.3, -0.25) is 0 Å². The van der Waals surface area contributed by atoms with Gasteiger partial charge in [-0.05, 0) is 37.6 Å². The van der Waals surface area contributed by atoms with E-state index < -0.39 is 0 Å². The van der Waals surface area contributed by atoms with Gasteiger partial charge in [0.05, 0.1) is 6.61 Å². The molecule has 0 radical (unpaired) electrons. The maximum absolute atomic E-state index is 5.40. The molecule has 1 aliphatic carbocycles. The molecule has 0 amide bonds. The van der Waals surface area contributed by atoms with Crippen molar-refractivity contribution in [2.75, 3.05) is 19.8 Å². The van der Waals surface area contributed by atoms with Crippen molar-refractivity contribution in [1.82, 2.24) is 5.32 Å². The lowest BCUT2D eigenvalue weighted by Gasteiger charge is -2.23. The average Bonchev–Trinajstić information content (AvgIpc) is 2.81. The fourth-order valence-electron chi connectivity index (χ4n) is 1.90. The SMILES string of the molecule is CC1CC1CN[C@H]1CCCOC1. The summed E-state index contributed by atoms with van der Waals surface area (Å²) in [5.41, 5.74) is 0. The van der Waals surface area contributed by atoms with E-state index in [0.717, 1.165) is 25.0 Å². The number of nitrogens with one attached hydrogen (secondary N) is 1. The second-order valence-electron chi connectivity index (χ2n) is 4.30. The molecule has 1 aliphatic heterocycles. The molecule has 2 heteroatoms. The van der Waals surface area contributed by atoms with Gasteiger partial charge in [-0.25, -0.2) is 0 Å². The Morgan fingerprint density at radius 1 is 1.50 bits per heavy atom. The highest BCUT2D eigenvalue weighted by atomic mass is 16.5. The first-order chi connectivity index (χ1) is 5.86. The number of ether oxygens (including phenoxy) is 1. The minimum atomic E-state index is 0.645. The summed E-state index contributed by atoms with van der Waals surface area (Å²) in [5, 5.41) is 3.59. The Bertz CT molecular complexity index is 143. The van der Waals surface area contributed by atoms with E-state index in [1.54, 1.807) is 0 Å². The molecule has 12 heavy (non-hydrogen) atoms. The van der Waals surface area contributed by atoms with Gasteiger partial charge in [0.15, 0.2) is 0 Å². The van der Waals surface area contributed by atoms with E-state index in [-0.39, 0.29) is 0 Å². The van der Waals surface area contributed by atoms with Crippen LogP contribution in [-0.2, 0) is 4.74 Å². The molecule has 1 saturated carbocycles. The van der Waals surface area contributed by atoms with Crippen molar-refractivity contribution >= 4 is 0 Å². The minimum Gasteiger partial charge on any atom is -0.380 e. The predicted octanol–water partition coefficient (Wildman–Crippen LogP) is 1.41. The summed E-state index contributed by atoms with van der Waals surface area (Å²) < 4.78 is 5.40. The third kappa shape index (κ3) is 2.20. The molecule has 1 heterocycles. The van der Waals surface area contributed by atoms with Gasteiger partial charge in [0.2, 0.25) is 0 Å². The van der Waals surface area contributed by atoms with Crippen LogP contribution in [0.5, 0.6) is 0 Å². The van der Waals surface area contributed by atoms with Crippen LogP contribution >= 0.6 is 0 Å². The standard InChI is InChI=1S/C10H19NO/c1-8-5-9(8)6-11-10-3-2-4-12-7-10/h8-11H,2-7H2,1H3/t8?,9?,10-/m0/s1. The quantitative estimate of drug-likeness (QED) is 0.689. The van der Waals surface area contributed by atoms with Crippen LogP contribution in [0.25, 0.3) is 0 Å². The van der Waals surface area contributed by atoms with E-state index in [4.69, 9.17) is 4.74 Å². The van der Waals surface area contributed by atoms with Crippen LogP contribution in [0, 0.1) is 11.8 Å². The van der Waals surface area contributed by atoms with Crippen LogP contribution in [0.4, 0.5) is 0 Å². The number of rotatable bonds is 3. The summed E-state index contributed by atoms with van der Waals surface area (Å²) in [5.74, 6) is 1.94. The van der Waals surface area contributed by atoms with Crippen molar-refractivity contribution in [1.29, 1.82) is 0 Å². The third-order valence-electron chi connectivity index (χ3n) is 3.11. The summed E-state index contributed by atoms with van der Waals surface area (Å²) in [6.45, 7) is 5.46. The van der Waals surface area contributed by atoms with E-state index in [1.807, 2.05) is 0 Å². The highest BCUT2D eigenvalue weighted by Crippen LogP contribution is 2.36. The highest BCUT2D eigenvalue weighted by Gasteiger charge is 2.32. The molecule has 3 atom stereocenters. The molecular weight excluding hydrogens is 150 g/mol. The molecule has 1 saturated heterocycles. The first-order valence-electron chi connectivity index (χ1n) is 5.17. The van der Waals surface area contributed by atoms with Crippen LogP contribution in [0.15, 0.2) is 0 Å². The van der Waals surface area contributed by atoms with Gasteiger partial charge in [0.25, 0.3) is 0 Å². The fraction of sp³-hybridized carbons (Fsp3) is 1.00. The second-order valence-corrected chi connectivity index (χ2v) is 4.30. The monoisotopic (exact) mass is 169 g/mol. The molecule has 0 aromatic heterocycles. The zero-order valence-electron chi connectivity index (χ0n) is 7.88. The van der Waals surface area contributed by atoms with Gasteiger partial charge < -0.3 is 10.1 Å². The molecule has 2 aliphatic rings. The summed E-state index contributed by atoms with van der Waals surface area (Å²) in [6.07, 6.45) is 3.97. The van der Waals surface area contributed by atoms with E-state index in [1.165, 1.54) is 25.8 Å². The van der Waals surface area contributed by atoms with E-state index in [2.05, 4.69) is 12.2 Å². The van der Waals surface area contributed by atoms with Crippen molar-refractivity contribution in [2.24, 2.45) is 11.8 Å². The Hall–Kier alpha value is -0.0800. The molecule has 2 nitrogen and oxygen atoms in total. The van der Waals surface area contributed by atoms with E-state index in [0.29, 0.717) is 6.04 Å². The zero-order chi connectivity index (χ0) is 8.39. The number of hydrogen-bond acceptors (Lipinski definition) is 2. The predicted molar refractivity (Wildman–Crippen MR) is 49.1 cm³/mol. The molecule has 70 valence electrons. The molecule has 1 N–H and O–H groups in total. The van der Waals surface area contributed by atoms with Crippen LogP contribution < -0.4 is 5.32 Å². The molecular formula is C10H19NO. The summed E-state index contributed by atoms with van der Waals surface area (Å²) in [4.78, 5) is 0. The zero-order valence-corrected chi connectivity index (χ0v) is 7.88. The van der Waals surface area contributed by atoms with Crippen LogP contribution in [0.1, 0.15) is 26.2 Å². The lowest BCUT2D eigenvalue weighted by atomic mass is 10.1. The molecule has 2 unspecified atom stereocenters. The third-order valence-corrected chi connectivity index (χ3v) is 3.11. The Labute approximate surface area is 74.7 Å². The van der Waals surface area contributed by atoms with Gasteiger partial charge in [0, 0.05) is 12.6 Å². The Morgan fingerprint density at radius 3 is 2.92 bits per heavy atom. The first-order valence-corrected chi connectivity index (χ1v) is 5.17. The van der Waals surface area contributed by atoms with Crippen molar-refractivity contribution in [3.8, 4) is 0 Å². The van der Waals surface area contributed by atoms with Gasteiger partial charge in [0.1, 0.15) is 0 Å². The smallest absolute Gasteiger partial charge is 0.0619 e. The highest BCUT2D eigenvalue weighted by molar-refractivity contribution is 4.85. The van der Waals surface area contributed by atoms with Crippen LogP contribution in [0.3, 0.4) is 0 Å². The molecule has 0 bridgehead atoms. The Balaban J connectivity index is 1.59. The van der Waals surface area contributed by atoms with E-state index in [9.17, 15) is 0 Å². The minimum absolute atomic E-state index is 0.645. The molecule has 2 rings (SSSR count). The van der Waals surface area contributed by atoms with Crippen molar-refractivity contribution in [2.45, 2.75) is 32.2 Å². The maximum Gasteiger partial charge on any atom is 0.0619 e. The molecule has 0 aromatic rings. The van der Waals surface area contributed by atoms with Crippen molar-refractivity contribution in [3.63, 3.8) is 0 Å². The van der Waals surface area contributed by atoms with Crippen molar-refractivity contribution in [3.05, 3.63) is 0 Å². The molecule has 2 fully saturated rings. The second kappa shape index (κ2) is 3.75. The van der Waals surface area contributed by atoms with Gasteiger partial charge >= 0.3 is 0 Å². The fourth-order valence-corrected chi connectivity index (χ4v) is 1.90. The van der Waals surface area contributed by atoms with Crippen LogP contribution in [0.2, 0.25) is 0 Å². The maximum atomic E-state index is 5.40. The average molecular weight is 169 g/mol. The van der Waals surface area contributed by atoms with Gasteiger partial charge in [-0.2, -0.15) is 0 Å². The molecule has 0 aromatic carbocycles. The Kier molecular flexibility index (Phi) is 2.66. The normalized spacial score (nSPS) is 41.2. The van der Waals surface area contributed by atoms with Gasteiger partial charge in [-0.15, -0.1) is 0 Å². The summed E-state index contributed by atoms with van der Waals surface area (Å²) >= 11 is 0. The van der Waals surface area contributed by atoms with Gasteiger partial charge in [-0.1, -0.05) is 6.92 Å². The summed E-state index contributed by atoms with van der Waals surface area (Å²) in [6, 6.07) is 0.645. The number of hydrogen-bond donors (Lipinski definition) is 1. The lowest BCUT2D eigenvalue weighted by molar-refractivity contribution is 0.0701.